The van der Waals surface area contributed by atoms with Crippen LogP contribution >= 0.6 is 0 Å². The van der Waals surface area contributed by atoms with Gasteiger partial charge in [-0.1, -0.05) is 5.16 Å². The Morgan fingerprint density at radius 1 is 1.32 bits per heavy atom. The predicted molar refractivity (Wildman–Crippen MR) is 63.4 cm³/mol. The van der Waals surface area contributed by atoms with E-state index in [1.807, 2.05) is 0 Å². The fourth-order valence-electron chi connectivity index (χ4n) is 1.86. The number of methoxy groups -OCH3 is 1. The molecule has 0 radical (unpaired) electrons. The molecule has 0 bridgehead atoms. The average Bonchev–Trinajstić information content (AvgIpc) is 3.07. The van der Waals surface area contributed by atoms with Crippen molar-refractivity contribution in [2.24, 2.45) is 5.73 Å². The van der Waals surface area contributed by atoms with Gasteiger partial charge >= 0.3 is 0 Å². The van der Waals surface area contributed by atoms with Crippen LogP contribution in [-0.4, -0.2) is 46.7 Å². The van der Waals surface area contributed by atoms with Gasteiger partial charge in [0.15, 0.2) is 0 Å². The molecule has 3 rings (SSSR count). The Bertz CT molecular complexity index is 556. The molecule has 2 N–H and O–H groups in total. The second kappa shape index (κ2) is 4.90. The smallest absolute Gasteiger partial charge is 0.234 e. The van der Waals surface area contributed by atoms with Crippen molar-refractivity contribution in [3.63, 3.8) is 0 Å². The predicted octanol–water partition coefficient (Wildman–Crippen LogP) is -0.0237. The van der Waals surface area contributed by atoms with Crippen LogP contribution in [-0.2, 0) is 4.74 Å². The minimum absolute atomic E-state index is 0.0625. The van der Waals surface area contributed by atoms with E-state index in [0.29, 0.717) is 36.5 Å². The van der Waals surface area contributed by atoms with E-state index >= 15 is 0 Å². The van der Waals surface area contributed by atoms with Crippen molar-refractivity contribution in [2.75, 3.05) is 20.3 Å². The van der Waals surface area contributed by atoms with Crippen molar-refractivity contribution in [1.29, 1.82) is 0 Å². The first-order valence-corrected chi connectivity index (χ1v) is 5.83. The van der Waals surface area contributed by atoms with Gasteiger partial charge in [0.25, 0.3) is 0 Å². The Morgan fingerprint density at radius 3 is 2.84 bits per heavy atom. The molecule has 1 fully saturated rings. The first kappa shape index (κ1) is 12.0. The lowest BCUT2D eigenvalue weighted by atomic mass is 10.1. The summed E-state index contributed by atoms with van der Waals surface area (Å²) in [5, 5.41) is 11.7. The molecule has 2 aromatic heterocycles. The fourth-order valence-corrected chi connectivity index (χ4v) is 1.86. The third kappa shape index (κ3) is 2.27. The van der Waals surface area contributed by atoms with E-state index in [0.717, 1.165) is 0 Å². The van der Waals surface area contributed by atoms with Gasteiger partial charge in [-0.3, -0.25) is 0 Å². The van der Waals surface area contributed by atoms with Gasteiger partial charge in [0.2, 0.25) is 17.6 Å². The van der Waals surface area contributed by atoms with Crippen LogP contribution in [0.2, 0.25) is 0 Å². The Kier molecular flexibility index (Phi) is 3.10. The maximum Gasteiger partial charge on any atom is 0.234 e. The Balaban J connectivity index is 1.83. The summed E-state index contributed by atoms with van der Waals surface area (Å²) < 4.78 is 15.4. The second-order valence-electron chi connectivity index (χ2n) is 4.22. The van der Waals surface area contributed by atoms with E-state index in [4.69, 9.17) is 19.7 Å². The van der Waals surface area contributed by atoms with Gasteiger partial charge in [-0.25, -0.2) is 0 Å². The summed E-state index contributed by atoms with van der Waals surface area (Å²) in [5.41, 5.74) is 6.42. The quantitative estimate of drug-likeness (QED) is 0.822. The molecule has 8 heteroatoms. The zero-order chi connectivity index (χ0) is 13.2. The standard InChI is InChI=1S/C11H13N5O3/c1-17-9-3-2-8(14-15-9)10-13-11(19-16-10)6-4-18-5-7(6)12/h2-3,6-7H,4-5,12H2,1H3. The molecular formula is C11H13N5O3. The first-order chi connectivity index (χ1) is 9.28. The van der Waals surface area contributed by atoms with Crippen molar-refractivity contribution in [1.82, 2.24) is 20.3 Å². The highest BCUT2D eigenvalue weighted by Crippen LogP contribution is 2.24. The van der Waals surface area contributed by atoms with Crippen LogP contribution in [0.15, 0.2) is 16.7 Å². The SMILES string of the molecule is COc1ccc(-c2noc(C3COCC3N)n2)nn1. The zero-order valence-electron chi connectivity index (χ0n) is 10.3. The largest absolute Gasteiger partial charge is 0.480 e. The minimum atomic E-state index is -0.116. The number of nitrogens with zero attached hydrogens (tertiary/aromatic N) is 4. The van der Waals surface area contributed by atoms with Gasteiger partial charge in [-0.2, -0.15) is 4.98 Å². The summed E-state index contributed by atoms with van der Waals surface area (Å²) in [4.78, 5) is 4.29. The Hall–Kier alpha value is -2.06. The molecule has 0 saturated carbocycles. The summed E-state index contributed by atoms with van der Waals surface area (Å²) in [6.45, 7) is 1.00. The lowest BCUT2D eigenvalue weighted by molar-refractivity contribution is 0.187. The number of hydrogen-bond acceptors (Lipinski definition) is 8. The molecule has 3 heterocycles. The molecule has 100 valence electrons. The van der Waals surface area contributed by atoms with Gasteiger partial charge in [0.05, 0.1) is 26.2 Å². The lowest BCUT2D eigenvalue weighted by Crippen LogP contribution is -2.26. The van der Waals surface area contributed by atoms with Crippen LogP contribution in [0, 0.1) is 0 Å². The summed E-state index contributed by atoms with van der Waals surface area (Å²) in [6, 6.07) is 3.28. The minimum Gasteiger partial charge on any atom is -0.480 e. The van der Waals surface area contributed by atoms with Crippen LogP contribution in [0.1, 0.15) is 11.8 Å². The normalized spacial score (nSPS) is 22.6. The highest BCUT2D eigenvalue weighted by atomic mass is 16.5. The van der Waals surface area contributed by atoms with Gasteiger partial charge in [0.1, 0.15) is 5.69 Å². The monoisotopic (exact) mass is 263 g/mol. The molecule has 2 aromatic rings. The molecular weight excluding hydrogens is 250 g/mol. The highest BCUT2D eigenvalue weighted by molar-refractivity contribution is 5.47. The number of ether oxygens (including phenoxy) is 2. The molecule has 1 aliphatic heterocycles. The summed E-state index contributed by atoms with van der Waals surface area (Å²) in [5.74, 6) is 1.22. The van der Waals surface area contributed by atoms with Crippen molar-refractivity contribution >= 4 is 0 Å². The molecule has 0 spiro atoms. The molecule has 1 saturated heterocycles. The molecule has 2 unspecified atom stereocenters. The molecule has 0 aliphatic carbocycles. The highest BCUT2D eigenvalue weighted by Gasteiger charge is 2.31. The zero-order valence-corrected chi connectivity index (χ0v) is 10.3. The maximum atomic E-state index is 5.90. The molecule has 0 amide bonds. The number of rotatable bonds is 3. The van der Waals surface area contributed by atoms with Crippen molar-refractivity contribution < 1.29 is 14.0 Å². The lowest BCUT2D eigenvalue weighted by Gasteiger charge is -2.06. The van der Waals surface area contributed by atoms with Gasteiger partial charge in [-0.15, -0.1) is 10.2 Å². The van der Waals surface area contributed by atoms with Crippen LogP contribution in [0.4, 0.5) is 0 Å². The summed E-state index contributed by atoms with van der Waals surface area (Å²) in [6.07, 6.45) is 0. The fraction of sp³-hybridized carbons (Fsp3) is 0.455. The number of hydrogen-bond donors (Lipinski definition) is 1. The van der Waals surface area contributed by atoms with Crippen molar-refractivity contribution in [3.8, 4) is 17.4 Å². The molecule has 2 atom stereocenters. The van der Waals surface area contributed by atoms with E-state index in [2.05, 4.69) is 20.3 Å². The molecule has 0 aromatic carbocycles. The van der Waals surface area contributed by atoms with Crippen LogP contribution in [0.3, 0.4) is 0 Å². The van der Waals surface area contributed by atoms with Crippen molar-refractivity contribution in [3.05, 3.63) is 18.0 Å². The second-order valence-corrected chi connectivity index (χ2v) is 4.22. The van der Waals surface area contributed by atoms with Crippen LogP contribution in [0.5, 0.6) is 5.88 Å². The van der Waals surface area contributed by atoms with Gasteiger partial charge in [0, 0.05) is 12.1 Å². The van der Waals surface area contributed by atoms with E-state index in [1.165, 1.54) is 7.11 Å². The van der Waals surface area contributed by atoms with E-state index in [9.17, 15) is 0 Å². The topological polar surface area (TPSA) is 109 Å². The van der Waals surface area contributed by atoms with Crippen LogP contribution in [0.25, 0.3) is 11.5 Å². The third-order valence-corrected chi connectivity index (χ3v) is 2.96. The van der Waals surface area contributed by atoms with E-state index in [-0.39, 0.29) is 12.0 Å². The van der Waals surface area contributed by atoms with Gasteiger partial charge in [-0.05, 0) is 6.07 Å². The number of nitrogens with two attached hydrogens (primary N) is 1. The maximum absolute atomic E-state index is 5.90. The summed E-state index contributed by atoms with van der Waals surface area (Å²) >= 11 is 0. The molecule has 19 heavy (non-hydrogen) atoms. The first-order valence-electron chi connectivity index (χ1n) is 5.83. The van der Waals surface area contributed by atoms with Crippen molar-refractivity contribution in [2.45, 2.75) is 12.0 Å². The number of aromatic nitrogens is 4. The molecule has 1 aliphatic rings. The third-order valence-electron chi connectivity index (χ3n) is 2.96. The van der Waals surface area contributed by atoms with Gasteiger partial charge < -0.3 is 19.7 Å². The Labute approximate surface area is 108 Å². The average molecular weight is 263 g/mol. The molecule has 8 nitrogen and oxygen atoms in total. The Morgan fingerprint density at radius 2 is 2.21 bits per heavy atom. The van der Waals surface area contributed by atoms with E-state index < -0.39 is 0 Å². The summed E-state index contributed by atoms with van der Waals surface area (Å²) in [7, 11) is 1.53. The van der Waals surface area contributed by atoms with E-state index in [1.54, 1.807) is 12.1 Å². The van der Waals surface area contributed by atoms with Crippen LogP contribution < -0.4 is 10.5 Å².